The van der Waals surface area contributed by atoms with Crippen LogP contribution in [0.2, 0.25) is 0 Å². The molecule has 0 aliphatic carbocycles. The lowest BCUT2D eigenvalue weighted by molar-refractivity contribution is 1.20. The van der Waals surface area contributed by atoms with Crippen LogP contribution >= 0.6 is 22.7 Å². The molecule has 0 aliphatic rings. The standard InChI is InChI=1S/C56H36N2S2/c1-3-4-5-13-34(2)35-22-24-38(25-23-35)44-33-45(57-55-43-18-10-11-20-49(43)60-56(44)55)39-26-29-42-51(32-39)59-50-21-12-19-46(52(42)50)58-47-30-27-36-14-6-8-16-40(36)53(47)54-41-17-9-7-15-37(41)28-31-48(54)58/h3-33H,2H2,1H3/b4-3-,13-5-. The van der Waals surface area contributed by atoms with Crippen LogP contribution in [0.1, 0.15) is 12.5 Å². The van der Waals surface area contributed by atoms with Crippen LogP contribution in [0.4, 0.5) is 0 Å². The Labute approximate surface area is 354 Å². The lowest BCUT2D eigenvalue weighted by Crippen LogP contribution is -1.94. The lowest BCUT2D eigenvalue weighted by Gasteiger charge is -2.11. The molecule has 0 bridgehead atoms. The molecule has 0 fully saturated rings. The molecule has 12 rings (SSSR count). The summed E-state index contributed by atoms with van der Waals surface area (Å²) in [5.74, 6) is 0. The number of hydrogen-bond acceptors (Lipinski definition) is 3. The van der Waals surface area contributed by atoms with Gasteiger partial charge < -0.3 is 4.57 Å². The highest BCUT2D eigenvalue weighted by Gasteiger charge is 2.21. The quantitative estimate of drug-likeness (QED) is 0.153. The summed E-state index contributed by atoms with van der Waals surface area (Å²) in [6.07, 6.45) is 8.15. The fraction of sp³-hybridized carbons (Fsp3) is 0.0179. The Morgan fingerprint density at radius 3 is 1.95 bits per heavy atom. The predicted octanol–water partition coefficient (Wildman–Crippen LogP) is 16.7. The fourth-order valence-corrected chi connectivity index (χ4v) is 11.6. The maximum atomic E-state index is 5.43. The summed E-state index contributed by atoms with van der Waals surface area (Å²) < 4.78 is 7.48. The van der Waals surface area contributed by atoms with Gasteiger partial charge in [0.25, 0.3) is 0 Å². The first-order chi connectivity index (χ1) is 29.6. The van der Waals surface area contributed by atoms with E-state index in [1.165, 1.54) is 95.1 Å². The van der Waals surface area contributed by atoms with Gasteiger partial charge in [-0.05, 0) is 87.6 Å². The molecule has 0 aliphatic heterocycles. The topological polar surface area (TPSA) is 17.8 Å². The molecule has 2 nitrogen and oxygen atoms in total. The summed E-state index contributed by atoms with van der Waals surface area (Å²) in [5, 5.41) is 11.4. The van der Waals surface area contributed by atoms with E-state index < -0.39 is 0 Å². The molecule has 0 N–H and O–H groups in total. The van der Waals surface area contributed by atoms with Crippen LogP contribution in [0.15, 0.2) is 195 Å². The number of hydrogen-bond donors (Lipinski definition) is 0. The normalized spacial score (nSPS) is 12.3. The number of aromatic nitrogens is 2. The number of pyridine rings is 1. The summed E-state index contributed by atoms with van der Waals surface area (Å²) in [6, 6.07) is 60.3. The van der Waals surface area contributed by atoms with Crippen molar-refractivity contribution in [3.63, 3.8) is 0 Å². The first-order valence-corrected chi connectivity index (χ1v) is 22.0. The molecule has 12 aromatic rings. The van der Waals surface area contributed by atoms with Crippen molar-refractivity contribution in [2.75, 3.05) is 0 Å². The van der Waals surface area contributed by atoms with Crippen LogP contribution in [0.5, 0.6) is 0 Å². The van der Waals surface area contributed by atoms with E-state index in [4.69, 9.17) is 4.98 Å². The van der Waals surface area contributed by atoms with Gasteiger partial charge in [0.05, 0.1) is 32.6 Å². The highest BCUT2D eigenvalue weighted by molar-refractivity contribution is 7.26. The van der Waals surface area contributed by atoms with Crippen LogP contribution in [0.3, 0.4) is 0 Å². The van der Waals surface area contributed by atoms with Crippen molar-refractivity contribution in [3.05, 3.63) is 200 Å². The Morgan fingerprint density at radius 1 is 0.550 bits per heavy atom. The Morgan fingerprint density at radius 2 is 1.22 bits per heavy atom. The highest BCUT2D eigenvalue weighted by Crippen LogP contribution is 2.46. The maximum Gasteiger partial charge on any atom is 0.0902 e. The monoisotopic (exact) mass is 800 g/mol. The van der Waals surface area contributed by atoms with E-state index in [0.717, 1.165) is 27.9 Å². The molecule has 8 aromatic carbocycles. The van der Waals surface area contributed by atoms with E-state index in [1.54, 1.807) is 0 Å². The molecular formula is C56H36N2S2. The number of rotatable bonds is 6. The van der Waals surface area contributed by atoms with E-state index in [1.807, 2.05) is 47.8 Å². The van der Waals surface area contributed by atoms with E-state index in [2.05, 4.69) is 181 Å². The number of allylic oxidation sites excluding steroid dienone is 5. The average Bonchev–Trinajstić information content (AvgIpc) is 3.98. The predicted molar refractivity (Wildman–Crippen MR) is 263 cm³/mol. The molecule has 4 heteroatoms. The molecule has 0 amide bonds. The van der Waals surface area contributed by atoms with Crippen molar-refractivity contribution >= 4 is 112 Å². The van der Waals surface area contributed by atoms with Gasteiger partial charge in [0.1, 0.15) is 0 Å². The summed E-state index contributed by atoms with van der Waals surface area (Å²) in [6.45, 7) is 6.33. The highest BCUT2D eigenvalue weighted by atomic mass is 32.1. The third kappa shape index (κ3) is 5.35. The van der Waals surface area contributed by atoms with Crippen LogP contribution < -0.4 is 0 Å². The van der Waals surface area contributed by atoms with Crippen LogP contribution in [0, 0.1) is 0 Å². The molecule has 0 radical (unpaired) electrons. The summed E-state index contributed by atoms with van der Waals surface area (Å²) in [4.78, 5) is 5.43. The zero-order chi connectivity index (χ0) is 39.9. The zero-order valence-electron chi connectivity index (χ0n) is 32.8. The summed E-state index contributed by atoms with van der Waals surface area (Å²) >= 11 is 3.68. The minimum Gasteiger partial charge on any atom is -0.309 e. The maximum absolute atomic E-state index is 5.43. The first kappa shape index (κ1) is 34.9. The number of thiophene rings is 2. The molecule has 0 unspecified atom stereocenters. The van der Waals surface area contributed by atoms with Crippen LogP contribution in [0.25, 0.3) is 117 Å². The number of nitrogens with zero attached hydrogens (tertiary/aromatic N) is 2. The zero-order valence-corrected chi connectivity index (χ0v) is 34.4. The second kappa shape index (κ2) is 13.7. The Bertz CT molecular complexity index is 3700. The van der Waals surface area contributed by atoms with E-state index >= 15 is 0 Å². The van der Waals surface area contributed by atoms with Gasteiger partial charge in [-0.3, -0.25) is 0 Å². The van der Waals surface area contributed by atoms with Crippen LogP contribution in [-0.2, 0) is 0 Å². The van der Waals surface area contributed by atoms with Gasteiger partial charge in [-0.1, -0.05) is 152 Å². The summed E-state index contributed by atoms with van der Waals surface area (Å²) in [5.41, 5.74) is 11.3. The second-order valence-electron chi connectivity index (χ2n) is 15.5. The Kier molecular flexibility index (Phi) is 7.99. The van der Waals surface area contributed by atoms with E-state index in [0.29, 0.717) is 0 Å². The van der Waals surface area contributed by atoms with Crippen molar-refractivity contribution in [2.24, 2.45) is 0 Å². The lowest BCUT2D eigenvalue weighted by atomic mass is 9.98. The molecule has 60 heavy (non-hydrogen) atoms. The van der Waals surface area contributed by atoms with Crippen molar-refractivity contribution in [1.82, 2.24) is 9.55 Å². The third-order valence-electron chi connectivity index (χ3n) is 12.1. The molecule has 4 aromatic heterocycles. The largest absolute Gasteiger partial charge is 0.309 e. The van der Waals surface area contributed by atoms with Gasteiger partial charge in [-0.25, -0.2) is 4.98 Å². The van der Waals surface area contributed by atoms with Crippen molar-refractivity contribution in [3.8, 4) is 28.1 Å². The van der Waals surface area contributed by atoms with Gasteiger partial charge in [0, 0.05) is 52.2 Å². The van der Waals surface area contributed by atoms with Gasteiger partial charge in [-0.2, -0.15) is 0 Å². The molecule has 4 heterocycles. The van der Waals surface area contributed by atoms with Crippen LogP contribution in [-0.4, -0.2) is 9.55 Å². The van der Waals surface area contributed by atoms with Gasteiger partial charge in [-0.15, -0.1) is 22.7 Å². The second-order valence-corrected chi connectivity index (χ2v) is 17.6. The average molecular weight is 801 g/mol. The van der Waals surface area contributed by atoms with Crippen molar-refractivity contribution in [1.29, 1.82) is 0 Å². The van der Waals surface area contributed by atoms with Gasteiger partial charge in [0.15, 0.2) is 0 Å². The third-order valence-corrected chi connectivity index (χ3v) is 14.4. The van der Waals surface area contributed by atoms with E-state index in [9.17, 15) is 0 Å². The minimum absolute atomic E-state index is 0.976. The van der Waals surface area contributed by atoms with Gasteiger partial charge >= 0.3 is 0 Å². The van der Waals surface area contributed by atoms with Gasteiger partial charge in [0.2, 0.25) is 0 Å². The SMILES string of the molecule is C=C(/C=C\C=C/C)c1ccc(-c2cc(-c3ccc4c(c3)sc3cccc(-n5c6ccc7ccccc7c6c6c7ccccc7ccc65)c34)nc3c2sc2ccccc23)cc1. The molecule has 0 saturated heterocycles. The Hall–Kier alpha value is -7.11. The molecule has 0 spiro atoms. The first-order valence-electron chi connectivity index (χ1n) is 20.3. The number of benzene rings is 8. The van der Waals surface area contributed by atoms with Crippen molar-refractivity contribution in [2.45, 2.75) is 6.92 Å². The summed E-state index contributed by atoms with van der Waals surface area (Å²) in [7, 11) is 0. The minimum atomic E-state index is 0.976. The molecular weight excluding hydrogens is 765 g/mol. The fourth-order valence-electron chi connectivity index (χ4n) is 9.25. The molecule has 0 atom stereocenters. The molecule has 0 saturated carbocycles. The number of fused-ring (bicyclic) bond motifs is 13. The van der Waals surface area contributed by atoms with E-state index in [-0.39, 0.29) is 0 Å². The van der Waals surface area contributed by atoms with Crippen molar-refractivity contribution < 1.29 is 0 Å². The molecule has 282 valence electrons. The Balaban J connectivity index is 1.05. The smallest absolute Gasteiger partial charge is 0.0902 e.